The highest BCUT2D eigenvalue weighted by Crippen LogP contribution is 2.24. The van der Waals surface area contributed by atoms with Gasteiger partial charge in [0, 0.05) is 20.2 Å². The third kappa shape index (κ3) is 5.02. The van der Waals surface area contributed by atoms with E-state index < -0.39 is 5.91 Å². The van der Waals surface area contributed by atoms with Crippen LogP contribution in [-0.4, -0.2) is 50.1 Å². The van der Waals surface area contributed by atoms with Crippen molar-refractivity contribution < 1.29 is 14.3 Å². The molecule has 9 heteroatoms. The van der Waals surface area contributed by atoms with Gasteiger partial charge in [-0.05, 0) is 6.92 Å². The lowest BCUT2D eigenvalue weighted by molar-refractivity contribution is -0.120. The molecule has 1 aromatic heterocycles. The minimum atomic E-state index is -0.411. The van der Waals surface area contributed by atoms with Crippen molar-refractivity contribution in [2.24, 2.45) is 0 Å². The fraction of sp³-hybridized carbons (Fsp3) is 0.545. The molecule has 20 heavy (non-hydrogen) atoms. The number of thiazole rings is 1. The summed E-state index contributed by atoms with van der Waals surface area (Å²) in [5.41, 5.74) is 5.66. The predicted octanol–water partition coefficient (Wildman–Crippen LogP) is -0.350. The first-order valence-electron chi connectivity index (χ1n) is 6.12. The zero-order valence-electron chi connectivity index (χ0n) is 11.5. The lowest BCUT2D eigenvalue weighted by Crippen LogP contribution is -2.38. The van der Waals surface area contributed by atoms with Gasteiger partial charge >= 0.3 is 0 Å². The topological polar surface area (TPSA) is 118 Å². The maximum atomic E-state index is 11.9. The highest BCUT2D eigenvalue weighted by molar-refractivity contribution is 7.18. The number of rotatable bonds is 8. The number of aromatic nitrogens is 1. The molecule has 0 aliphatic carbocycles. The SMILES string of the molecule is CCNc1nc(N)c(C(=O)NCC(=O)NCCOC)s1. The number of hydrogen-bond donors (Lipinski definition) is 4. The molecule has 1 aromatic rings. The Morgan fingerprint density at radius 3 is 2.80 bits per heavy atom. The number of anilines is 2. The Bertz CT molecular complexity index is 463. The summed E-state index contributed by atoms with van der Waals surface area (Å²) in [5.74, 6) is -0.542. The fourth-order valence-corrected chi connectivity index (χ4v) is 2.19. The van der Waals surface area contributed by atoms with Crippen LogP contribution in [0.1, 0.15) is 16.6 Å². The van der Waals surface area contributed by atoms with Crippen LogP contribution in [0.3, 0.4) is 0 Å². The van der Waals surface area contributed by atoms with Crippen LogP contribution in [0, 0.1) is 0 Å². The molecule has 0 aliphatic heterocycles. The molecule has 0 saturated heterocycles. The molecule has 0 aliphatic rings. The fourth-order valence-electron chi connectivity index (χ4n) is 1.32. The molecule has 1 rings (SSSR count). The molecule has 5 N–H and O–H groups in total. The summed E-state index contributed by atoms with van der Waals surface area (Å²) in [6.07, 6.45) is 0. The minimum Gasteiger partial charge on any atom is -0.383 e. The molecule has 0 radical (unpaired) electrons. The van der Waals surface area contributed by atoms with Gasteiger partial charge in [-0.3, -0.25) is 9.59 Å². The van der Waals surface area contributed by atoms with Crippen LogP contribution in [0.25, 0.3) is 0 Å². The second kappa shape index (κ2) is 8.33. The van der Waals surface area contributed by atoms with Crippen LogP contribution in [0.15, 0.2) is 0 Å². The number of methoxy groups -OCH3 is 1. The number of nitrogen functional groups attached to an aromatic ring is 1. The van der Waals surface area contributed by atoms with Crippen LogP contribution < -0.4 is 21.7 Å². The van der Waals surface area contributed by atoms with Crippen molar-refractivity contribution in [2.75, 3.05) is 44.4 Å². The first kappa shape index (κ1) is 16.2. The van der Waals surface area contributed by atoms with Crippen LogP contribution >= 0.6 is 11.3 Å². The number of nitrogens with one attached hydrogen (secondary N) is 3. The Morgan fingerprint density at radius 2 is 2.15 bits per heavy atom. The van der Waals surface area contributed by atoms with Crippen LogP contribution in [-0.2, 0) is 9.53 Å². The molecule has 0 unspecified atom stereocenters. The molecule has 0 spiro atoms. The maximum Gasteiger partial charge on any atom is 0.265 e. The van der Waals surface area contributed by atoms with Gasteiger partial charge in [-0.15, -0.1) is 0 Å². The third-order valence-electron chi connectivity index (χ3n) is 2.23. The summed E-state index contributed by atoms with van der Waals surface area (Å²) in [6.45, 7) is 3.32. The summed E-state index contributed by atoms with van der Waals surface area (Å²) in [6, 6.07) is 0. The second-order valence-corrected chi connectivity index (χ2v) is 4.79. The smallest absolute Gasteiger partial charge is 0.265 e. The summed E-state index contributed by atoms with van der Waals surface area (Å²) >= 11 is 1.15. The molecule has 0 saturated carbocycles. The molecule has 112 valence electrons. The van der Waals surface area contributed by atoms with Gasteiger partial charge in [0.2, 0.25) is 5.91 Å². The van der Waals surface area contributed by atoms with Crippen molar-refractivity contribution >= 4 is 34.1 Å². The minimum absolute atomic E-state index is 0.115. The molecule has 0 bridgehead atoms. The normalized spacial score (nSPS) is 10.1. The van der Waals surface area contributed by atoms with Crippen molar-refractivity contribution in [3.63, 3.8) is 0 Å². The molecule has 1 heterocycles. The Morgan fingerprint density at radius 1 is 1.40 bits per heavy atom. The van der Waals surface area contributed by atoms with Gasteiger partial charge in [0.05, 0.1) is 13.2 Å². The zero-order valence-corrected chi connectivity index (χ0v) is 12.3. The molecule has 0 aromatic carbocycles. The largest absolute Gasteiger partial charge is 0.383 e. The average molecular weight is 301 g/mol. The number of nitrogens with two attached hydrogens (primary N) is 1. The molecule has 0 fully saturated rings. The van der Waals surface area contributed by atoms with Crippen molar-refractivity contribution in [2.45, 2.75) is 6.92 Å². The predicted molar refractivity (Wildman–Crippen MR) is 77.9 cm³/mol. The van der Waals surface area contributed by atoms with Gasteiger partial charge in [0.25, 0.3) is 5.91 Å². The summed E-state index contributed by atoms with van der Waals surface area (Å²) < 4.78 is 4.80. The number of nitrogens with zero attached hydrogens (tertiary/aromatic N) is 1. The molecule has 0 atom stereocenters. The van der Waals surface area contributed by atoms with Gasteiger partial charge in [-0.25, -0.2) is 4.98 Å². The van der Waals surface area contributed by atoms with Crippen molar-refractivity contribution in [1.82, 2.24) is 15.6 Å². The number of carbonyl (C=O) groups excluding carboxylic acids is 2. The van der Waals surface area contributed by atoms with Gasteiger partial charge < -0.3 is 26.4 Å². The number of hydrogen-bond acceptors (Lipinski definition) is 7. The van der Waals surface area contributed by atoms with Gasteiger partial charge in [0.15, 0.2) is 5.13 Å². The number of amides is 2. The molecular formula is C11H19N5O3S. The van der Waals surface area contributed by atoms with Crippen molar-refractivity contribution in [1.29, 1.82) is 0 Å². The van der Waals surface area contributed by atoms with Crippen LogP contribution in [0.2, 0.25) is 0 Å². The van der Waals surface area contributed by atoms with E-state index in [2.05, 4.69) is 20.9 Å². The van der Waals surface area contributed by atoms with E-state index in [0.29, 0.717) is 29.7 Å². The van der Waals surface area contributed by atoms with Gasteiger partial charge in [0.1, 0.15) is 10.7 Å². The maximum absolute atomic E-state index is 11.9. The van der Waals surface area contributed by atoms with E-state index in [0.717, 1.165) is 11.3 Å². The van der Waals surface area contributed by atoms with Gasteiger partial charge in [-0.1, -0.05) is 11.3 Å². The van der Waals surface area contributed by atoms with Crippen LogP contribution in [0.5, 0.6) is 0 Å². The first-order valence-corrected chi connectivity index (χ1v) is 6.94. The lowest BCUT2D eigenvalue weighted by Gasteiger charge is -2.05. The van der Waals surface area contributed by atoms with Crippen LogP contribution in [0.4, 0.5) is 10.9 Å². The van der Waals surface area contributed by atoms with E-state index in [1.54, 1.807) is 7.11 Å². The van der Waals surface area contributed by atoms with Gasteiger partial charge in [-0.2, -0.15) is 0 Å². The Kier molecular flexibility index (Phi) is 6.74. The number of ether oxygens (including phenoxy) is 1. The summed E-state index contributed by atoms with van der Waals surface area (Å²) in [4.78, 5) is 27.6. The second-order valence-electron chi connectivity index (χ2n) is 3.79. The quantitative estimate of drug-likeness (QED) is 0.487. The van der Waals surface area contributed by atoms with E-state index in [9.17, 15) is 9.59 Å². The summed E-state index contributed by atoms with van der Waals surface area (Å²) in [5, 5.41) is 8.65. The Hall–Kier alpha value is -1.87. The average Bonchev–Trinajstić information content (AvgIpc) is 2.78. The Labute approximate surface area is 121 Å². The standard InChI is InChI=1S/C11H19N5O3S/c1-3-13-11-16-9(12)8(20-11)10(18)15-6-7(17)14-4-5-19-2/h3-6,12H2,1-2H3,(H,13,16)(H,14,17)(H,15,18). The zero-order chi connectivity index (χ0) is 15.0. The Balaban J connectivity index is 2.44. The van der Waals surface area contributed by atoms with E-state index in [1.165, 1.54) is 0 Å². The molecular weight excluding hydrogens is 282 g/mol. The monoisotopic (exact) mass is 301 g/mol. The first-order chi connectivity index (χ1) is 9.58. The van der Waals surface area contributed by atoms with E-state index in [4.69, 9.17) is 10.5 Å². The number of carbonyl (C=O) groups is 2. The highest BCUT2D eigenvalue weighted by Gasteiger charge is 2.16. The summed E-state index contributed by atoms with van der Waals surface area (Å²) in [7, 11) is 1.54. The van der Waals surface area contributed by atoms with E-state index in [-0.39, 0.29) is 18.3 Å². The van der Waals surface area contributed by atoms with E-state index >= 15 is 0 Å². The molecule has 8 nitrogen and oxygen atoms in total. The third-order valence-corrected chi connectivity index (χ3v) is 3.25. The highest BCUT2D eigenvalue weighted by atomic mass is 32.1. The van der Waals surface area contributed by atoms with Crippen molar-refractivity contribution in [3.8, 4) is 0 Å². The van der Waals surface area contributed by atoms with E-state index in [1.807, 2.05) is 6.92 Å². The lowest BCUT2D eigenvalue weighted by atomic mass is 10.4. The molecule has 2 amide bonds. The van der Waals surface area contributed by atoms with Crippen molar-refractivity contribution in [3.05, 3.63) is 4.88 Å².